The molecular formula is C11H21N3O6. The van der Waals surface area contributed by atoms with Crippen LogP contribution in [0.5, 0.6) is 0 Å². The number of amides is 3. The normalized spacial score (nSPS) is 13.2. The summed E-state index contributed by atoms with van der Waals surface area (Å²) in [5, 5.41) is 24.9. The van der Waals surface area contributed by atoms with Gasteiger partial charge in [0.25, 0.3) is 0 Å². The highest BCUT2D eigenvalue weighted by Crippen LogP contribution is 1.92. The van der Waals surface area contributed by atoms with Crippen molar-refractivity contribution >= 4 is 17.9 Å². The number of carboxylic acid groups (broad SMARTS) is 1. The van der Waals surface area contributed by atoms with Crippen molar-refractivity contribution in [3.63, 3.8) is 0 Å². The van der Waals surface area contributed by atoms with E-state index in [1.165, 1.54) is 14.0 Å². The van der Waals surface area contributed by atoms with Crippen LogP contribution in [0, 0.1) is 0 Å². The molecule has 0 bridgehead atoms. The van der Waals surface area contributed by atoms with Crippen LogP contribution >= 0.6 is 0 Å². The lowest BCUT2D eigenvalue weighted by Gasteiger charge is -2.17. The Bertz CT molecular complexity index is 334. The zero-order valence-electron chi connectivity index (χ0n) is 11.5. The predicted molar refractivity (Wildman–Crippen MR) is 69.1 cm³/mol. The Morgan fingerprint density at radius 3 is 2.35 bits per heavy atom. The van der Waals surface area contributed by atoms with Gasteiger partial charge in [-0.3, -0.25) is 4.79 Å². The van der Waals surface area contributed by atoms with Gasteiger partial charge in [0.2, 0.25) is 5.91 Å². The molecule has 5 N–H and O–H groups in total. The fraction of sp³-hybridized carbons (Fsp3) is 0.727. The van der Waals surface area contributed by atoms with Gasteiger partial charge in [0.15, 0.2) is 6.04 Å². The fourth-order valence-corrected chi connectivity index (χ4v) is 1.25. The van der Waals surface area contributed by atoms with Crippen LogP contribution < -0.4 is 16.0 Å². The van der Waals surface area contributed by atoms with Gasteiger partial charge in [0.05, 0.1) is 12.7 Å². The molecule has 116 valence electrons. The van der Waals surface area contributed by atoms with Crippen molar-refractivity contribution in [3.8, 4) is 0 Å². The van der Waals surface area contributed by atoms with Crippen molar-refractivity contribution in [2.75, 3.05) is 26.8 Å². The lowest BCUT2D eigenvalue weighted by Crippen LogP contribution is -2.51. The average molecular weight is 291 g/mol. The van der Waals surface area contributed by atoms with Crippen LogP contribution in [0.1, 0.15) is 13.3 Å². The van der Waals surface area contributed by atoms with Gasteiger partial charge in [-0.2, -0.15) is 0 Å². The van der Waals surface area contributed by atoms with E-state index in [-0.39, 0.29) is 18.9 Å². The Kier molecular flexibility index (Phi) is 9.05. The molecule has 9 nitrogen and oxygen atoms in total. The van der Waals surface area contributed by atoms with Crippen molar-refractivity contribution in [2.45, 2.75) is 25.5 Å². The first kappa shape index (κ1) is 18.1. The largest absolute Gasteiger partial charge is 0.480 e. The number of nitrogens with one attached hydrogen (secondary N) is 3. The van der Waals surface area contributed by atoms with Crippen LogP contribution in [-0.4, -0.2) is 67.1 Å². The second-order valence-electron chi connectivity index (χ2n) is 4.05. The lowest BCUT2D eigenvalue weighted by atomic mass is 10.2. The molecule has 0 aliphatic carbocycles. The molecule has 9 heteroatoms. The standard InChI is InChI=1S/C11H21N3O6/c1-7(15)9(10(17)18)14-11(19)13-4-3-8(16)12-5-6-20-2/h7,9,15H,3-6H2,1-2H3,(H,12,16)(H,17,18)(H2,13,14,19). The van der Waals surface area contributed by atoms with Gasteiger partial charge < -0.3 is 30.9 Å². The third-order valence-corrected chi connectivity index (χ3v) is 2.30. The summed E-state index contributed by atoms with van der Waals surface area (Å²) in [7, 11) is 1.51. The van der Waals surface area contributed by atoms with Gasteiger partial charge in [-0.1, -0.05) is 0 Å². The molecule has 0 saturated heterocycles. The minimum absolute atomic E-state index is 0.0524. The Balaban J connectivity index is 3.87. The molecule has 2 atom stereocenters. The SMILES string of the molecule is COCCNC(=O)CCNC(=O)NC(C(=O)O)C(C)O. The first-order valence-electron chi connectivity index (χ1n) is 6.09. The molecule has 0 aliphatic heterocycles. The molecule has 0 fully saturated rings. The number of hydrogen-bond donors (Lipinski definition) is 5. The molecule has 0 aromatic carbocycles. The van der Waals surface area contributed by atoms with Crippen molar-refractivity contribution in [1.29, 1.82) is 0 Å². The Morgan fingerprint density at radius 2 is 1.85 bits per heavy atom. The van der Waals surface area contributed by atoms with Crippen LogP contribution in [0.3, 0.4) is 0 Å². The van der Waals surface area contributed by atoms with Crippen LogP contribution in [0.25, 0.3) is 0 Å². The highest BCUT2D eigenvalue weighted by atomic mass is 16.5. The van der Waals surface area contributed by atoms with E-state index in [9.17, 15) is 14.4 Å². The van der Waals surface area contributed by atoms with Crippen LogP contribution in [0.15, 0.2) is 0 Å². The van der Waals surface area contributed by atoms with Crippen molar-refractivity contribution in [1.82, 2.24) is 16.0 Å². The molecule has 3 amide bonds. The van der Waals surface area contributed by atoms with E-state index >= 15 is 0 Å². The summed E-state index contributed by atoms with van der Waals surface area (Å²) in [6.45, 7) is 2.08. The quantitative estimate of drug-likeness (QED) is 0.320. The van der Waals surface area contributed by atoms with Gasteiger partial charge >= 0.3 is 12.0 Å². The van der Waals surface area contributed by atoms with Gasteiger partial charge in [-0.15, -0.1) is 0 Å². The van der Waals surface area contributed by atoms with E-state index in [2.05, 4.69) is 16.0 Å². The molecule has 0 saturated carbocycles. The minimum atomic E-state index is -1.40. The number of aliphatic carboxylic acids is 1. The maximum absolute atomic E-state index is 11.4. The maximum Gasteiger partial charge on any atom is 0.328 e. The zero-order chi connectivity index (χ0) is 15.5. The van der Waals surface area contributed by atoms with Crippen molar-refractivity contribution in [2.24, 2.45) is 0 Å². The third kappa shape index (κ3) is 8.27. The van der Waals surface area contributed by atoms with Crippen LogP contribution in [0.4, 0.5) is 4.79 Å². The molecule has 0 aromatic heterocycles. The molecule has 0 aromatic rings. The topological polar surface area (TPSA) is 137 Å². The second kappa shape index (κ2) is 9.98. The van der Waals surface area contributed by atoms with Gasteiger partial charge in [0, 0.05) is 26.6 Å². The summed E-state index contributed by atoms with van der Waals surface area (Å²) in [4.78, 5) is 33.3. The number of aliphatic hydroxyl groups is 1. The van der Waals surface area contributed by atoms with E-state index in [4.69, 9.17) is 14.9 Å². The highest BCUT2D eigenvalue weighted by molar-refractivity contribution is 5.83. The maximum atomic E-state index is 11.4. The molecule has 0 radical (unpaired) electrons. The van der Waals surface area contributed by atoms with Crippen LogP contribution in [-0.2, 0) is 14.3 Å². The number of rotatable bonds is 9. The monoisotopic (exact) mass is 291 g/mol. The van der Waals surface area contributed by atoms with Gasteiger partial charge in [0.1, 0.15) is 0 Å². The number of carboxylic acids is 1. The Hall–Kier alpha value is -1.87. The second-order valence-corrected chi connectivity index (χ2v) is 4.05. The van der Waals surface area contributed by atoms with Gasteiger partial charge in [-0.05, 0) is 6.92 Å². The average Bonchev–Trinajstić information content (AvgIpc) is 2.35. The number of urea groups is 1. The van der Waals surface area contributed by atoms with Crippen LogP contribution in [0.2, 0.25) is 0 Å². The molecule has 0 heterocycles. The zero-order valence-corrected chi connectivity index (χ0v) is 11.5. The molecule has 0 rings (SSSR count). The smallest absolute Gasteiger partial charge is 0.328 e. The molecule has 0 aliphatic rings. The summed E-state index contributed by atoms with van der Waals surface area (Å²) in [6.07, 6.45) is -1.17. The number of carbonyl (C=O) groups excluding carboxylic acids is 2. The number of ether oxygens (including phenoxy) is 1. The summed E-state index contributed by atoms with van der Waals surface area (Å²) >= 11 is 0. The first-order valence-corrected chi connectivity index (χ1v) is 6.09. The lowest BCUT2D eigenvalue weighted by molar-refractivity contribution is -0.141. The molecular weight excluding hydrogens is 270 g/mol. The first-order chi connectivity index (χ1) is 9.38. The van der Waals surface area contributed by atoms with E-state index in [1.807, 2.05) is 0 Å². The molecule has 20 heavy (non-hydrogen) atoms. The van der Waals surface area contributed by atoms with E-state index in [0.29, 0.717) is 13.2 Å². The van der Waals surface area contributed by atoms with E-state index in [0.717, 1.165) is 0 Å². The number of carbonyl (C=O) groups is 3. The number of methoxy groups -OCH3 is 1. The van der Waals surface area contributed by atoms with Crippen molar-refractivity contribution < 1.29 is 29.3 Å². The van der Waals surface area contributed by atoms with E-state index < -0.39 is 24.1 Å². The number of hydrogen-bond acceptors (Lipinski definition) is 5. The van der Waals surface area contributed by atoms with E-state index in [1.54, 1.807) is 0 Å². The Morgan fingerprint density at radius 1 is 1.20 bits per heavy atom. The molecule has 2 unspecified atom stereocenters. The Labute approximate surface area is 116 Å². The fourth-order valence-electron chi connectivity index (χ4n) is 1.25. The minimum Gasteiger partial charge on any atom is -0.480 e. The molecule has 0 spiro atoms. The summed E-state index contributed by atoms with van der Waals surface area (Å²) in [6, 6.07) is -2.16. The van der Waals surface area contributed by atoms with Crippen molar-refractivity contribution in [3.05, 3.63) is 0 Å². The summed E-state index contributed by atoms with van der Waals surface area (Å²) < 4.78 is 4.75. The predicted octanol–water partition coefficient (Wildman–Crippen LogP) is -1.73. The summed E-state index contributed by atoms with van der Waals surface area (Å²) in [5.41, 5.74) is 0. The summed E-state index contributed by atoms with van der Waals surface area (Å²) in [5.74, 6) is -1.60. The third-order valence-electron chi connectivity index (χ3n) is 2.30. The van der Waals surface area contributed by atoms with Gasteiger partial charge in [-0.25, -0.2) is 9.59 Å². The highest BCUT2D eigenvalue weighted by Gasteiger charge is 2.24. The number of aliphatic hydroxyl groups excluding tert-OH is 1.